The molecule has 1 aromatic rings. The van der Waals surface area contributed by atoms with Gasteiger partial charge in [0.05, 0.1) is 11.1 Å². The van der Waals surface area contributed by atoms with Crippen molar-refractivity contribution < 1.29 is 22.0 Å². The lowest BCUT2D eigenvalue weighted by Crippen LogP contribution is -2.09. The van der Waals surface area contributed by atoms with Gasteiger partial charge in [0.2, 0.25) is 0 Å². The SMILES string of the molecule is N#Cc1c(C(F)F)cccc1C(F)(F)F. The lowest BCUT2D eigenvalue weighted by molar-refractivity contribution is -0.137. The molecule has 0 spiro atoms. The third kappa shape index (κ3) is 2.24. The van der Waals surface area contributed by atoms with Gasteiger partial charge in [-0.1, -0.05) is 12.1 Å². The predicted octanol–water partition coefficient (Wildman–Crippen LogP) is 3.51. The van der Waals surface area contributed by atoms with E-state index in [-0.39, 0.29) is 0 Å². The summed E-state index contributed by atoms with van der Waals surface area (Å²) in [6, 6.07) is 3.41. The first-order chi connectivity index (χ1) is 6.88. The summed E-state index contributed by atoms with van der Waals surface area (Å²) in [4.78, 5) is 0. The van der Waals surface area contributed by atoms with Crippen LogP contribution in [0.2, 0.25) is 0 Å². The predicted molar refractivity (Wildman–Crippen MR) is 41.1 cm³/mol. The molecule has 1 aromatic carbocycles. The van der Waals surface area contributed by atoms with E-state index in [4.69, 9.17) is 5.26 Å². The Morgan fingerprint density at radius 3 is 2.20 bits per heavy atom. The Morgan fingerprint density at radius 1 is 1.20 bits per heavy atom. The van der Waals surface area contributed by atoms with Gasteiger partial charge in [-0.25, -0.2) is 8.78 Å². The lowest BCUT2D eigenvalue weighted by atomic mass is 10.0. The Morgan fingerprint density at radius 2 is 1.80 bits per heavy atom. The zero-order chi connectivity index (χ0) is 11.6. The zero-order valence-corrected chi connectivity index (χ0v) is 7.15. The molecule has 0 aliphatic carbocycles. The van der Waals surface area contributed by atoms with Crippen LogP contribution >= 0.6 is 0 Å². The number of alkyl halides is 5. The second-order valence-electron chi connectivity index (χ2n) is 2.68. The molecule has 15 heavy (non-hydrogen) atoms. The first-order valence-electron chi connectivity index (χ1n) is 3.76. The molecule has 1 rings (SSSR count). The van der Waals surface area contributed by atoms with Crippen LogP contribution in [-0.2, 0) is 6.18 Å². The summed E-state index contributed by atoms with van der Waals surface area (Å²) in [6.07, 6.45) is -7.89. The summed E-state index contributed by atoms with van der Waals surface area (Å²) in [5.74, 6) is 0. The van der Waals surface area contributed by atoms with Crippen LogP contribution in [0.1, 0.15) is 23.1 Å². The average molecular weight is 221 g/mol. The van der Waals surface area contributed by atoms with Crippen LogP contribution in [0.5, 0.6) is 0 Å². The minimum Gasteiger partial charge on any atom is -0.205 e. The van der Waals surface area contributed by atoms with E-state index in [0.717, 1.165) is 18.2 Å². The molecule has 0 bridgehead atoms. The van der Waals surface area contributed by atoms with Gasteiger partial charge in [0.15, 0.2) is 0 Å². The van der Waals surface area contributed by atoms with E-state index >= 15 is 0 Å². The molecule has 80 valence electrons. The fourth-order valence-electron chi connectivity index (χ4n) is 1.11. The largest absolute Gasteiger partial charge is 0.417 e. The molecule has 0 amide bonds. The maximum atomic E-state index is 12.3. The summed E-state index contributed by atoms with van der Waals surface area (Å²) < 4.78 is 61.4. The van der Waals surface area contributed by atoms with Crippen molar-refractivity contribution in [2.45, 2.75) is 12.6 Å². The number of nitriles is 1. The van der Waals surface area contributed by atoms with Crippen molar-refractivity contribution in [3.63, 3.8) is 0 Å². The maximum absolute atomic E-state index is 12.3. The van der Waals surface area contributed by atoms with E-state index in [1.807, 2.05) is 0 Å². The van der Waals surface area contributed by atoms with Crippen LogP contribution in [0, 0.1) is 11.3 Å². The molecule has 0 aromatic heterocycles. The van der Waals surface area contributed by atoms with Crippen molar-refractivity contribution in [2.24, 2.45) is 0 Å². The number of halogens is 5. The van der Waals surface area contributed by atoms with Crippen molar-refractivity contribution in [2.75, 3.05) is 0 Å². The van der Waals surface area contributed by atoms with E-state index in [9.17, 15) is 22.0 Å². The van der Waals surface area contributed by atoms with E-state index in [1.165, 1.54) is 0 Å². The highest BCUT2D eigenvalue weighted by Gasteiger charge is 2.35. The van der Waals surface area contributed by atoms with Crippen molar-refractivity contribution in [1.82, 2.24) is 0 Å². The number of hydrogen-bond acceptors (Lipinski definition) is 1. The molecule has 1 nitrogen and oxygen atoms in total. The second-order valence-corrected chi connectivity index (χ2v) is 2.68. The average Bonchev–Trinajstić information content (AvgIpc) is 2.15. The Kier molecular flexibility index (Phi) is 2.93. The van der Waals surface area contributed by atoms with Crippen LogP contribution in [0.3, 0.4) is 0 Å². The molecular weight excluding hydrogens is 217 g/mol. The second kappa shape index (κ2) is 3.85. The fourth-order valence-corrected chi connectivity index (χ4v) is 1.11. The standard InChI is InChI=1S/C9H4F5N/c10-8(11)5-2-1-3-7(6(5)4-15)9(12,13)14/h1-3,8H. The van der Waals surface area contributed by atoms with Crippen LogP contribution in [-0.4, -0.2) is 0 Å². The minimum absolute atomic E-state index is 0.602. The molecule has 0 aliphatic heterocycles. The quantitative estimate of drug-likeness (QED) is 0.665. The topological polar surface area (TPSA) is 23.8 Å². The molecule has 0 saturated heterocycles. The van der Waals surface area contributed by atoms with Crippen LogP contribution in [0.25, 0.3) is 0 Å². The van der Waals surface area contributed by atoms with E-state index < -0.39 is 29.3 Å². The van der Waals surface area contributed by atoms with E-state index in [0.29, 0.717) is 6.07 Å². The van der Waals surface area contributed by atoms with E-state index in [1.54, 1.807) is 0 Å². The van der Waals surface area contributed by atoms with Crippen molar-refractivity contribution in [1.29, 1.82) is 5.26 Å². The summed E-state index contributed by atoms with van der Waals surface area (Å²) >= 11 is 0. The summed E-state index contributed by atoms with van der Waals surface area (Å²) in [6.45, 7) is 0. The van der Waals surface area contributed by atoms with Gasteiger partial charge in [-0.15, -0.1) is 0 Å². The molecule has 0 saturated carbocycles. The van der Waals surface area contributed by atoms with Crippen molar-refractivity contribution >= 4 is 0 Å². The van der Waals surface area contributed by atoms with Crippen molar-refractivity contribution in [3.05, 3.63) is 34.9 Å². The zero-order valence-electron chi connectivity index (χ0n) is 7.15. The van der Waals surface area contributed by atoms with Gasteiger partial charge in [0.25, 0.3) is 6.43 Å². The van der Waals surface area contributed by atoms with Gasteiger partial charge in [0, 0.05) is 5.56 Å². The lowest BCUT2D eigenvalue weighted by Gasteiger charge is -2.11. The van der Waals surface area contributed by atoms with Gasteiger partial charge >= 0.3 is 6.18 Å². The summed E-state index contributed by atoms with van der Waals surface area (Å²) in [7, 11) is 0. The highest BCUT2D eigenvalue weighted by atomic mass is 19.4. The fraction of sp³-hybridized carbons (Fsp3) is 0.222. The first kappa shape index (κ1) is 11.4. The number of benzene rings is 1. The number of hydrogen-bond donors (Lipinski definition) is 0. The molecule has 0 atom stereocenters. The van der Waals surface area contributed by atoms with Gasteiger partial charge in [0.1, 0.15) is 6.07 Å². The minimum atomic E-state index is -4.80. The summed E-state index contributed by atoms with van der Waals surface area (Å²) in [5.41, 5.74) is -3.24. The van der Waals surface area contributed by atoms with E-state index in [2.05, 4.69) is 0 Å². The molecule has 0 aliphatic rings. The Balaban J connectivity index is 3.44. The molecule has 6 heteroatoms. The number of rotatable bonds is 1. The Bertz CT molecular complexity index is 402. The molecule has 0 heterocycles. The van der Waals surface area contributed by atoms with Gasteiger partial charge in [-0.2, -0.15) is 18.4 Å². The van der Waals surface area contributed by atoms with Gasteiger partial charge < -0.3 is 0 Å². The molecule has 0 unspecified atom stereocenters. The number of nitrogens with zero attached hydrogens (tertiary/aromatic N) is 1. The van der Waals surface area contributed by atoms with Crippen LogP contribution in [0.15, 0.2) is 18.2 Å². The molecule has 0 fully saturated rings. The third-order valence-electron chi connectivity index (χ3n) is 1.75. The first-order valence-corrected chi connectivity index (χ1v) is 3.76. The normalized spacial score (nSPS) is 11.5. The highest BCUT2D eigenvalue weighted by molar-refractivity contribution is 5.46. The van der Waals surface area contributed by atoms with Crippen LogP contribution < -0.4 is 0 Å². The van der Waals surface area contributed by atoms with Gasteiger partial charge in [-0.3, -0.25) is 0 Å². The summed E-state index contributed by atoms with van der Waals surface area (Å²) in [5, 5.41) is 8.43. The smallest absolute Gasteiger partial charge is 0.205 e. The Hall–Kier alpha value is -1.64. The monoisotopic (exact) mass is 221 g/mol. The Labute approximate surface area is 81.7 Å². The van der Waals surface area contributed by atoms with Crippen molar-refractivity contribution in [3.8, 4) is 6.07 Å². The maximum Gasteiger partial charge on any atom is 0.417 e. The molecule has 0 radical (unpaired) electrons. The van der Waals surface area contributed by atoms with Crippen LogP contribution in [0.4, 0.5) is 22.0 Å². The van der Waals surface area contributed by atoms with Gasteiger partial charge in [-0.05, 0) is 6.07 Å². The molecular formula is C9H4F5N. The third-order valence-corrected chi connectivity index (χ3v) is 1.75. The molecule has 0 N–H and O–H groups in total. The highest BCUT2D eigenvalue weighted by Crippen LogP contribution is 2.35.